The Labute approximate surface area is 169 Å². The van der Waals surface area contributed by atoms with E-state index in [0.717, 1.165) is 28.6 Å². The molecule has 5 heteroatoms. The van der Waals surface area contributed by atoms with Gasteiger partial charge in [-0.3, -0.25) is 4.79 Å². The molecule has 146 valence electrons. The molecule has 1 aromatic heterocycles. The van der Waals surface area contributed by atoms with E-state index < -0.39 is 11.6 Å². The summed E-state index contributed by atoms with van der Waals surface area (Å²) in [6.07, 6.45) is 1.37. The van der Waals surface area contributed by atoms with Gasteiger partial charge in [-0.15, -0.1) is 0 Å². The number of rotatable bonds is 5. The average molecular weight is 398 g/mol. The minimum atomic E-state index is -0.859. The van der Waals surface area contributed by atoms with Crippen LogP contribution in [0.4, 0.5) is 0 Å². The van der Waals surface area contributed by atoms with Crippen molar-refractivity contribution in [2.24, 2.45) is 0 Å². The molecule has 3 aromatic rings. The van der Waals surface area contributed by atoms with Crippen LogP contribution in [0.1, 0.15) is 48.1 Å². The first-order chi connectivity index (χ1) is 13.4. The lowest BCUT2D eigenvalue weighted by molar-refractivity contribution is -0.149. The quantitative estimate of drug-likeness (QED) is 0.591. The summed E-state index contributed by atoms with van der Waals surface area (Å²) in [7, 11) is 0. The van der Waals surface area contributed by atoms with Crippen molar-refractivity contribution in [3.05, 3.63) is 69.9 Å². The molecular formula is C23H24ClNO3. The monoisotopic (exact) mass is 397 g/mol. The maximum absolute atomic E-state index is 11.6. The SMILES string of the molecule is CCC1(CC(=O)O)OCC(Cc2ccccc2)c2c1[nH]c1c(C)c(Cl)ccc21. The molecule has 0 amide bonds. The molecule has 0 saturated carbocycles. The Bertz CT molecular complexity index is 1030. The first-order valence-corrected chi connectivity index (χ1v) is 10.0. The van der Waals surface area contributed by atoms with E-state index in [0.29, 0.717) is 18.1 Å². The number of carboxylic acids is 1. The highest BCUT2D eigenvalue weighted by Gasteiger charge is 2.44. The summed E-state index contributed by atoms with van der Waals surface area (Å²) in [5.74, 6) is -0.706. The van der Waals surface area contributed by atoms with Crippen molar-refractivity contribution in [2.75, 3.05) is 6.61 Å². The van der Waals surface area contributed by atoms with Gasteiger partial charge in [-0.25, -0.2) is 0 Å². The zero-order chi connectivity index (χ0) is 19.9. The van der Waals surface area contributed by atoms with Crippen LogP contribution < -0.4 is 0 Å². The van der Waals surface area contributed by atoms with Gasteiger partial charge >= 0.3 is 5.97 Å². The zero-order valence-electron chi connectivity index (χ0n) is 16.1. The highest BCUT2D eigenvalue weighted by atomic mass is 35.5. The Kier molecular flexibility index (Phi) is 4.94. The van der Waals surface area contributed by atoms with Crippen molar-refractivity contribution in [1.82, 2.24) is 4.98 Å². The van der Waals surface area contributed by atoms with Gasteiger partial charge in [0.25, 0.3) is 0 Å². The van der Waals surface area contributed by atoms with Gasteiger partial charge < -0.3 is 14.8 Å². The molecule has 2 unspecified atom stereocenters. The number of nitrogens with one attached hydrogen (secondary N) is 1. The Morgan fingerprint density at radius 1 is 1.29 bits per heavy atom. The third kappa shape index (κ3) is 3.11. The Morgan fingerprint density at radius 2 is 2.04 bits per heavy atom. The molecule has 2 atom stereocenters. The number of hydrogen-bond donors (Lipinski definition) is 2. The third-order valence-electron chi connectivity index (χ3n) is 5.97. The molecule has 0 bridgehead atoms. The van der Waals surface area contributed by atoms with E-state index in [4.69, 9.17) is 16.3 Å². The second-order valence-corrected chi connectivity index (χ2v) is 8.03. The normalized spacial score (nSPS) is 21.6. The molecular weight excluding hydrogens is 374 g/mol. The number of halogens is 1. The van der Waals surface area contributed by atoms with Gasteiger partial charge in [0, 0.05) is 16.3 Å². The number of fused-ring (bicyclic) bond motifs is 3. The van der Waals surface area contributed by atoms with E-state index in [1.165, 1.54) is 11.1 Å². The van der Waals surface area contributed by atoms with E-state index in [1.807, 2.05) is 44.2 Å². The van der Waals surface area contributed by atoms with Crippen LogP contribution in [0, 0.1) is 6.92 Å². The van der Waals surface area contributed by atoms with Crippen molar-refractivity contribution < 1.29 is 14.6 Å². The topological polar surface area (TPSA) is 62.3 Å². The second kappa shape index (κ2) is 7.26. The number of aliphatic carboxylic acids is 1. The summed E-state index contributed by atoms with van der Waals surface area (Å²) in [5, 5.41) is 11.4. The summed E-state index contributed by atoms with van der Waals surface area (Å²) in [6.45, 7) is 4.47. The maximum atomic E-state index is 11.6. The Morgan fingerprint density at radius 3 is 2.71 bits per heavy atom. The van der Waals surface area contributed by atoms with Crippen LogP contribution in [0.15, 0.2) is 42.5 Å². The van der Waals surface area contributed by atoms with Gasteiger partial charge in [0.05, 0.1) is 24.2 Å². The molecule has 0 radical (unpaired) electrons. The highest BCUT2D eigenvalue weighted by molar-refractivity contribution is 6.32. The van der Waals surface area contributed by atoms with Gasteiger partial charge in [0.15, 0.2) is 0 Å². The van der Waals surface area contributed by atoms with Crippen molar-refractivity contribution in [3.8, 4) is 0 Å². The molecule has 0 saturated heterocycles. The molecule has 1 aliphatic heterocycles. The number of hydrogen-bond acceptors (Lipinski definition) is 2. The van der Waals surface area contributed by atoms with E-state index in [1.54, 1.807) is 0 Å². The molecule has 1 aliphatic rings. The van der Waals surface area contributed by atoms with Gasteiger partial charge in [-0.1, -0.05) is 54.9 Å². The van der Waals surface area contributed by atoms with Crippen LogP contribution in [0.3, 0.4) is 0 Å². The molecule has 28 heavy (non-hydrogen) atoms. The maximum Gasteiger partial charge on any atom is 0.306 e. The van der Waals surface area contributed by atoms with Crippen LogP contribution >= 0.6 is 11.6 Å². The van der Waals surface area contributed by atoms with E-state index >= 15 is 0 Å². The van der Waals surface area contributed by atoms with Gasteiger partial charge in [-0.2, -0.15) is 0 Å². The average Bonchev–Trinajstić information content (AvgIpc) is 3.09. The summed E-state index contributed by atoms with van der Waals surface area (Å²) < 4.78 is 6.29. The third-order valence-corrected chi connectivity index (χ3v) is 6.38. The van der Waals surface area contributed by atoms with Crippen molar-refractivity contribution in [3.63, 3.8) is 0 Å². The largest absolute Gasteiger partial charge is 0.481 e. The number of ether oxygens (including phenoxy) is 1. The molecule has 4 nitrogen and oxygen atoms in total. The first-order valence-electron chi connectivity index (χ1n) is 9.66. The number of aromatic nitrogens is 1. The second-order valence-electron chi connectivity index (χ2n) is 7.62. The fraction of sp³-hybridized carbons (Fsp3) is 0.348. The summed E-state index contributed by atoms with van der Waals surface area (Å²) in [5.41, 5.74) is 4.42. The zero-order valence-corrected chi connectivity index (χ0v) is 16.8. The fourth-order valence-corrected chi connectivity index (χ4v) is 4.60. The van der Waals surface area contributed by atoms with E-state index in [9.17, 15) is 9.90 Å². The lowest BCUT2D eigenvalue weighted by Gasteiger charge is -2.39. The predicted molar refractivity (Wildman–Crippen MR) is 111 cm³/mol. The number of carboxylic acid groups (broad SMARTS) is 1. The van der Waals surface area contributed by atoms with Crippen LogP contribution in [0.2, 0.25) is 5.02 Å². The Hall–Kier alpha value is -2.30. The predicted octanol–water partition coefficient (Wildman–Crippen LogP) is 5.57. The van der Waals surface area contributed by atoms with Crippen LogP contribution in [0.5, 0.6) is 0 Å². The molecule has 2 aromatic carbocycles. The molecule has 2 heterocycles. The Balaban J connectivity index is 1.91. The standard InChI is InChI=1S/C23H24ClNO3/c1-3-23(12-19(26)27)22-20(17-9-10-18(24)14(2)21(17)25-22)16(13-28-23)11-15-7-5-4-6-8-15/h4-10,16,25H,3,11-13H2,1-2H3,(H,26,27). The number of benzene rings is 2. The summed E-state index contributed by atoms with van der Waals surface area (Å²) in [6, 6.07) is 14.3. The minimum Gasteiger partial charge on any atom is -0.481 e. The fourth-order valence-electron chi connectivity index (χ4n) is 4.44. The minimum absolute atomic E-state index is 0.0614. The van der Waals surface area contributed by atoms with Gasteiger partial charge in [-0.05, 0) is 42.5 Å². The molecule has 4 rings (SSSR count). The van der Waals surface area contributed by atoms with Crippen LogP contribution in [-0.2, 0) is 21.6 Å². The lowest BCUT2D eigenvalue weighted by Crippen LogP contribution is -2.39. The van der Waals surface area contributed by atoms with Crippen molar-refractivity contribution >= 4 is 28.5 Å². The van der Waals surface area contributed by atoms with Crippen LogP contribution in [0.25, 0.3) is 10.9 Å². The van der Waals surface area contributed by atoms with Gasteiger partial charge in [0.1, 0.15) is 5.60 Å². The number of carbonyl (C=O) groups is 1. The number of H-pyrrole nitrogens is 1. The number of aryl methyl sites for hydroxylation is 1. The molecule has 0 aliphatic carbocycles. The van der Waals surface area contributed by atoms with Gasteiger partial charge in [0.2, 0.25) is 0 Å². The lowest BCUT2D eigenvalue weighted by atomic mass is 9.80. The van der Waals surface area contributed by atoms with E-state index in [2.05, 4.69) is 17.1 Å². The van der Waals surface area contributed by atoms with Crippen molar-refractivity contribution in [1.29, 1.82) is 0 Å². The highest BCUT2D eigenvalue weighted by Crippen LogP contribution is 2.47. The summed E-state index contributed by atoms with van der Waals surface area (Å²) >= 11 is 6.36. The van der Waals surface area contributed by atoms with E-state index in [-0.39, 0.29) is 12.3 Å². The number of aromatic amines is 1. The molecule has 2 N–H and O–H groups in total. The molecule has 0 spiro atoms. The van der Waals surface area contributed by atoms with Crippen LogP contribution in [-0.4, -0.2) is 22.7 Å². The first kappa shape index (κ1) is 19.0. The van der Waals surface area contributed by atoms with Crippen molar-refractivity contribution in [2.45, 2.75) is 44.6 Å². The summed E-state index contributed by atoms with van der Waals surface area (Å²) in [4.78, 5) is 15.2. The molecule has 0 fully saturated rings. The smallest absolute Gasteiger partial charge is 0.306 e.